The van der Waals surface area contributed by atoms with Crippen LogP contribution in [0.3, 0.4) is 0 Å². The molecule has 0 aliphatic rings. The van der Waals surface area contributed by atoms with Gasteiger partial charge in [-0.15, -0.1) is 0 Å². The number of hydrogen-bond donors (Lipinski definition) is 1. The van der Waals surface area contributed by atoms with Crippen molar-refractivity contribution < 1.29 is 9.18 Å². The second-order valence-electron chi connectivity index (χ2n) is 7.30. The molecule has 4 aromatic rings. The van der Waals surface area contributed by atoms with Crippen LogP contribution < -0.4 is 10.9 Å². The van der Waals surface area contributed by atoms with Crippen molar-refractivity contribution in [1.82, 2.24) is 9.55 Å². The van der Waals surface area contributed by atoms with Gasteiger partial charge < -0.3 is 5.32 Å². The van der Waals surface area contributed by atoms with Crippen molar-refractivity contribution in [2.75, 3.05) is 11.1 Å². The third-order valence-electron chi connectivity index (χ3n) is 4.86. The summed E-state index contributed by atoms with van der Waals surface area (Å²) in [4.78, 5) is 30.4. The van der Waals surface area contributed by atoms with E-state index in [0.29, 0.717) is 32.5 Å². The molecular formula is C24H19ClFN3O2S. The van der Waals surface area contributed by atoms with Crippen molar-refractivity contribution in [2.24, 2.45) is 0 Å². The average Bonchev–Trinajstić information content (AvgIpc) is 2.76. The number of carbonyl (C=O) groups excluding carboxylic acids is 1. The Morgan fingerprint density at radius 3 is 2.56 bits per heavy atom. The highest BCUT2D eigenvalue weighted by molar-refractivity contribution is 7.99. The van der Waals surface area contributed by atoms with Gasteiger partial charge in [0.2, 0.25) is 5.91 Å². The number of hydrogen-bond acceptors (Lipinski definition) is 4. The molecule has 162 valence electrons. The largest absolute Gasteiger partial charge is 0.324 e. The van der Waals surface area contributed by atoms with Crippen molar-refractivity contribution in [3.8, 4) is 5.69 Å². The van der Waals surface area contributed by atoms with E-state index in [4.69, 9.17) is 11.6 Å². The third-order valence-corrected chi connectivity index (χ3v) is 6.09. The first kappa shape index (κ1) is 22.0. The van der Waals surface area contributed by atoms with E-state index in [1.54, 1.807) is 30.3 Å². The number of para-hydroxylation sites is 1. The molecule has 1 N–H and O–H groups in total. The monoisotopic (exact) mass is 467 g/mol. The Hall–Kier alpha value is -3.16. The summed E-state index contributed by atoms with van der Waals surface area (Å²) in [7, 11) is 0. The summed E-state index contributed by atoms with van der Waals surface area (Å²) in [6.45, 7) is 3.80. The number of halogens is 2. The van der Waals surface area contributed by atoms with Gasteiger partial charge in [-0.3, -0.25) is 14.2 Å². The third kappa shape index (κ3) is 4.54. The number of thioether (sulfide) groups is 1. The number of nitrogens with one attached hydrogen (secondary N) is 1. The van der Waals surface area contributed by atoms with Crippen LogP contribution in [0.25, 0.3) is 16.6 Å². The smallest absolute Gasteiger partial charge is 0.266 e. The molecule has 1 heterocycles. The fraction of sp³-hybridized carbons (Fsp3) is 0.125. The zero-order valence-corrected chi connectivity index (χ0v) is 18.9. The molecule has 4 rings (SSSR count). The van der Waals surface area contributed by atoms with Crippen LogP contribution in [0.5, 0.6) is 0 Å². The summed E-state index contributed by atoms with van der Waals surface area (Å²) < 4.78 is 14.8. The molecule has 0 unspecified atom stereocenters. The molecule has 0 radical (unpaired) electrons. The quantitative estimate of drug-likeness (QED) is 0.310. The van der Waals surface area contributed by atoms with Gasteiger partial charge in [-0.2, -0.15) is 0 Å². The maximum absolute atomic E-state index is 13.4. The summed E-state index contributed by atoms with van der Waals surface area (Å²) in [6, 6.07) is 16.3. The van der Waals surface area contributed by atoms with Crippen LogP contribution in [-0.4, -0.2) is 21.2 Å². The fourth-order valence-electron chi connectivity index (χ4n) is 3.41. The number of aryl methyl sites for hydroxylation is 2. The molecule has 0 atom stereocenters. The molecule has 0 saturated carbocycles. The molecule has 8 heteroatoms. The number of aromatic nitrogens is 2. The Morgan fingerprint density at radius 1 is 1.12 bits per heavy atom. The predicted molar refractivity (Wildman–Crippen MR) is 128 cm³/mol. The molecule has 0 aliphatic heterocycles. The number of nitrogens with zero attached hydrogens (tertiary/aromatic N) is 2. The number of anilines is 1. The van der Waals surface area contributed by atoms with Crippen molar-refractivity contribution in [3.05, 3.63) is 93.0 Å². The normalized spacial score (nSPS) is 11.0. The topological polar surface area (TPSA) is 64.0 Å². The van der Waals surface area contributed by atoms with E-state index in [9.17, 15) is 14.0 Å². The summed E-state index contributed by atoms with van der Waals surface area (Å²) in [5, 5.41) is 4.08. The van der Waals surface area contributed by atoms with E-state index >= 15 is 0 Å². The fourth-order valence-corrected chi connectivity index (χ4v) is 4.59. The van der Waals surface area contributed by atoms with Crippen LogP contribution in [0.1, 0.15) is 11.1 Å². The van der Waals surface area contributed by atoms with E-state index in [0.717, 1.165) is 22.9 Å². The van der Waals surface area contributed by atoms with Crippen LogP contribution >= 0.6 is 23.4 Å². The van der Waals surface area contributed by atoms with Gasteiger partial charge in [-0.25, -0.2) is 9.37 Å². The number of benzene rings is 3. The van der Waals surface area contributed by atoms with Crippen LogP contribution in [0.2, 0.25) is 5.02 Å². The van der Waals surface area contributed by atoms with Crippen molar-refractivity contribution in [2.45, 2.75) is 19.0 Å². The van der Waals surface area contributed by atoms with E-state index in [1.165, 1.54) is 28.8 Å². The minimum atomic E-state index is -0.408. The van der Waals surface area contributed by atoms with E-state index in [2.05, 4.69) is 10.3 Å². The van der Waals surface area contributed by atoms with Crippen LogP contribution in [0.4, 0.5) is 10.1 Å². The first-order valence-electron chi connectivity index (χ1n) is 9.80. The molecule has 3 aromatic carbocycles. The van der Waals surface area contributed by atoms with Gasteiger partial charge in [-0.1, -0.05) is 41.6 Å². The molecule has 1 aromatic heterocycles. The molecule has 0 spiro atoms. The lowest BCUT2D eigenvalue weighted by Crippen LogP contribution is -2.23. The molecule has 32 heavy (non-hydrogen) atoms. The predicted octanol–water partition coefficient (Wildman–Crippen LogP) is 5.53. The zero-order valence-electron chi connectivity index (χ0n) is 17.4. The Labute approximate surface area is 193 Å². The number of amides is 1. The van der Waals surface area contributed by atoms with Crippen LogP contribution in [-0.2, 0) is 4.79 Å². The lowest BCUT2D eigenvalue weighted by molar-refractivity contribution is -0.113. The highest BCUT2D eigenvalue weighted by Gasteiger charge is 2.16. The van der Waals surface area contributed by atoms with Crippen molar-refractivity contribution >= 4 is 45.9 Å². The van der Waals surface area contributed by atoms with Gasteiger partial charge in [0.1, 0.15) is 5.82 Å². The molecule has 0 saturated heterocycles. The maximum atomic E-state index is 13.4. The van der Waals surface area contributed by atoms with Gasteiger partial charge in [0.05, 0.1) is 33.1 Å². The first-order valence-corrected chi connectivity index (χ1v) is 11.2. The Kier molecular flexibility index (Phi) is 6.30. The zero-order chi connectivity index (χ0) is 22.8. The molecule has 0 bridgehead atoms. The second kappa shape index (κ2) is 9.14. The standard InChI is InChI=1S/C24H19ClFN3O2S/c1-14-11-15(2)22(19(25)12-14)28-21(30)13-32-24-27-20-6-4-3-5-18(20)23(31)29(24)17-9-7-16(26)8-10-17/h3-12H,13H2,1-2H3,(H,28,30). The number of carbonyl (C=O) groups is 1. The highest BCUT2D eigenvalue weighted by Crippen LogP contribution is 2.28. The molecule has 1 amide bonds. The number of rotatable bonds is 5. The lowest BCUT2D eigenvalue weighted by Gasteiger charge is -2.14. The van der Waals surface area contributed by atoms with Crippen molar-refractivity contribution in [3.63, 3.8) is 0 Å². The van der Waals surface area contributed by atoms with Gasteiger partial charge in [-0.05, 0) is 67.4 Å². The van der Waals surface area contributed by atoms with Gasteiger partial charge >= 0.3 is 0 Å². The summed E-state index contributed by atoms with van der Waals surface area (Å²) in [5.74, 6) is -0.679. The van der Waals surface area contributed by atoms with Crippen molar-refractivity contribution in [1.29, 1.82) is 0 Å². The molecule has 0 aliphatic carbocycles. The Morgan fingerprint density at radius 2 is 1.84 bits per heavy atom. The summed E-state index contributed by atoms with van der Waals surface area (Å²) >= 11 is 7.41. The number of fused-ring (bicyclic) bond motifs is 1. The highest BCUT2D eigenvalue weighted by atomic mass is 35.5. The lowest BCUT2D eigenvalue weighted by atomic mass is 10.1. The SMILES string of the molecule is Cc1cc(C)c(NC(=O)CSc2nc3ccccc3c(=O)n2-c2ccc(F)cc2)c(Cl)c1. The average molecular weight is 468 g/mol. The van der Waals surface area contributed by atoms with Gasteiger partial charge in [0.15, 0.2) is 5.16 Å². The minimum absolute atomic E-state index is 0.00954. The minimum Gasteiger partial charge on any atom is -0.324 e. The van der Waals surface area contributed by atoms with E-state index in [1.807, 2.05) is 19.9 Å². The maximum Gasteiger partial charge on any atom is 0.266 e. The Bertz CT molecular complexity index is 1360. The first-order chi connectivity index (χ1) is 15.3. The molecule has 0 fully saturated rings. The summed E-state index contributed by atoms with van der Waals surface area (Å²) in [5.41, 5.74) is 3.13. The Balaban J connectivity index is 1.67. The van der Waals surface area contributed by atoms with Gasteiger partial charge in [0.25, 0.3) is 5.56 Å². The van der Waals surface area contributed by atoms with Gasteiger partial charge in [0, 0.05) is 0 Å². The second-order valence-corrected chi connectivity index (χ2v) is 8.65. The van der Waals surface area contributed by atoms with E-state index < -0.39 is 5.82 Å². The van der Waals surface area contributed by atoms with Crippen LogP contribution in [0, 0.1) is 19.7 Å². The van der Waals surface area contributed by atoms with E-state index in [-0.39, 0.29) is 17.2 Å². The molecule has 5 nitrogen and oxygen atoms in total. The van der Waals surface area contributed by atoms with Crippen LogP contribution in [0.15, 0.2) is 70.6 Å². The molecular weight excluding hydrogens is 449 g/mol. The summed E-state index contributed by atoms with van der Waals surface area (Å²) in [6.07, 6.45) is 0.